The summed E-state index contributed by atoms with van der Waals surface area (Å²) in [4.78, 5) is 15.2. The molecule has 0 aliphatic rings. The highest BCUT2D eigenvalue weighted by Gasteiger charge is 2.18. The summed E-state index contributed by atoms with van der Waals surface area (Å²) in [5.74, 6) is 0. The van der Waals surface area contributed by atoms with Crippen molar-refractivity contribution in [1.29, 1.82) is 0 Å². The van der Waals surface area contributed by atoms with E-state index in [0.29, 0.717) is 5.69 Å². The van der Waals surface area contributed by atoms with E-state index in [9.17, 15) is 10.1 Å². The third kappa shape index (κ3) is 3.01. The Morgan fingerprint density at radius 1 is 1.53 bits per heavy atom. The summed E-state index contributed by atoms with van der Waals surface area (Å²) in [5, 5.41) is 15.3. The molecule has 0 saturated carbocycles. The predicted octanol–water partition coefficient (Wildman–Crippen LogP) is 4.11. The highest BCUT2D eigenvalue weighted by Crippen LogP contribution is 2.33. The average molecular weight is 279 g/mol. The molecule has 19 heavy (non-hydrogen) atoms. The summed E-state index contributed by atoms with van der Waals surface area (Å²) in [5.41, 5.74) is 1.50. The minimum atomic E-state index is -0.338. The van der Waals surface area contributed by atoms with Crippen LogP contribution < -0.4 is 5.32 Å². The standard InChI is InChI=1S/C13H17N3O2S/c1-4-5-8(2)14-10-6-11-13(19-9(3)15-11)7-12(10)16(17)18/h6-8,14H,4-5H2,1-3H3. The fraction of sp³-hybridized carbons (Fsp3) is 0.462. The zero-order valence-electron chi connectivity index (χ0n) is 11.3. The van der Waals surface area contributed by atoms with E-state index >= 15 is 0 Å². The normalized spacial score (nSPS) is 12.6. The van der Waals surface area contributed by atoms with Crippen LogP contribution in [0.3, 0.4) is 0 Å². The maximum atomic E-state index is 11.2. The van der Waals surface area contributed by atoms with Crippen molar-refractivity contribution in [3.63, 3.8) is 0 Å². The fourth-order valence-corrected chi connectivity index (χ4v) is 2.96. The number of fused-ring (bicyclic) bond motifs is 1. The average Bonchev–Trinajstić information content (AvgIpc) is 2.67. The van der Waals surface area contributed by atoms with Gasteiger partial charge in [-0.3, -0.25) is 10.1 Å². The molecule has 2 rings (SSSR count). The number of nitrogens with zero attached hydrogens (tertiary/aromatic N) is 2. The number of nitro groups is 1. The Balaban J connectivity index is 2.44. The van der Waals surface area contributed by atoms with Crippen molar-refractivity contribution in [2.45, 2.75) is 39.7 Å². The van der Waals surface area contributed by atoms with Crippen LogP contribution in [0.1, 0.15) is 31.7 Å². The summed E-state index contributed by atoms with van der Waals surface area (Å²) in [6, 6.07) is 3.60. The van der Waals surface area contributed by atoms with Gasteiger partial charge in [0.15, 0.2) is 0 Å². The number of nitrogens with one attached hydrogen (secondary N) is 1. The molecule has 0 amide bonds. The van der Waals surface area contributed by atoms with Crippen molar-refractivity contribution in [3.8, 4) is 0 Å². The Bertz CT molecular complexity index is 609. The molecule has 0 fully saturated rings. The topological polar surface area (TPSA) is 68.1 Å². The van der Waals surface area contributed by atoms with Crippen molar-refractivity contribution >= 4 is 32.9 Å². The molecule has 0 saturated heterocycles. The quantitative estimate of drug-likeness (QED) is 0.660. The molecule has 1 unspecified atom stereocenters. The molecular weight excluding hydrogens is 262 g/mol. The lowest BCUT2D eigenvalue weighted by molar-refractivity contribution is -0.383. The molecule has 1 aromatic carbocycles. The van der Waals surface area contributed by atoms with Gasteiger partial charge in [-0.25, -0.2) is 4.98 Å². The van der Waals surface area contributed by atoms with Crippen LogP contribution in [-0.4, -0.2) is 15.9 Å². The second kappa shape index (κ2) is 5.52. The van der Waals surface area contributed by atoms with Crippen molar-refractivity contribution < 1.29 is 4.92 Å². The van der Waals surface area contributed by atoms with E-state index < -0.39 is 0 Å². The van der Waals surface area contributed by atoms with Gasteiger partial charge in [0.25, 0.3) is 5.69 Å². The number of thiazole rings is 1. The molecule has 0 radical (unpaired) electrons. The lowest BCUT2D eigenvalue weighted by Gasteiger charge is -2.14. The zero-order valence-corrected chi connectivity index (χ0v) is 12.1. The summed E-state index contributed by atoms with van der Waals surface area (Å²) in [6.07, 6.45) is 2.02. The molecule has 0 spiro atoms. The first-order valence-electron chi connectivity index (χ1n) is 6.33. The summed E-state index contributed by atoms with van der Waals surface area (Å²) < 4.78 is 0.859. The van der Waals surface area contributed by atoms with Gasteiger partial charge in [-0.05, 0) is 26.3 Å². The SMILES string of the molecule is CCCC(C)Nc1cc2nc(C)sc2cc1[N+](=O)[O-]. The summed E-state index contributed by atoms with van der Waals surface area (Å²) >= 11 is 1.48. The monoisotopic (exact) mass is 279 g/mol. The molecule has 0 bridgehead atoms. The fourth-order valence-electron chi connectivity index (χ4n) is 2.12. The van der Waals surface area contributed by atoms with Gasteiger partial charge in [0.2, 0.25) is 0 Å². The molecule has 1 aromatic heterocycles. The van der Waals surface area contributed by atoms with Crippen LogP contribution >= 0.6 is 11.3 Å². The van der Waals surface area contributed by atoms with Crippen LogP contribution in [0, 0.1) is 17.0 Å². The van der Waals surface area contributed by atoms with Crippen LogP contribution in [0.2, 0.25) is 0 Å². The Labute approximate surface area is 115 Å². The number of benzene rings is 1. The van der Waals surface area contributed by atoms with Gasteiger partial charge >= 0.3 is 0 Å². The van der Waals surface area contributed by atoms with E-state index in [1.807, 2.05) is 13.8 Å². The first-order chi connectivity index (χ1) is 9.01. The van der Waals surface area contributed by atoms with E-state index in [0.717, 1.165) is 28.1 Å². The second-order valence-electron chi connectivity index (χ2n) is 4.66. The molecule has 2 aromatic rings. The number of hydrogen-bond acceptors (Lipinski definition) is 5. The largest absolute Gasteiger partial charge is 0.377 e. The first-order valence-corrected chi connectivity index (χ1v) is 7.15. The molecular formula is C13H17N3O2S. The Morgan fingerprint density at radius 2 is 2.26 bits per heavy atom. The van der Waals surface area contributed by atoms with E-state index in [4.69, 9.17) is 0 Å². The number of anilines is 1. The third-order valence-corrected chi connectivity index (χ3v) is 3.87. The van der Waals surface area contributed by atoms with E-state index in [1.54, 1.807) is 12.1 Å². The highest BCUT2D eigenvalue weighted by atomic mass is 32.1. The van der Waals surface area contributed by atoms with Crippen LogP contribution in [0.25, 0.3) is 10.2 Å². The molecule has 0 aliphatic heterocycles. The highest BCUT2D eigenvalue weighted by molar-refractivity contribution is 7.18. The molecule has 5 nitrogen and oxygen atoms in total. The molecule has 102 valence electrons. The lowest BCUT2D eigenvalue weighted by Crippen LogP contribution is -2.15. The predicted molar refractivity (Wildman–Crippen MR) is 79.0 cm³/mol. The maximum Gasteiger partial charge on any atom is 0.293 e. The van der Waals surface area contributed by atoms with E-state index in [-0.39, 0.29) is 16.7 Å². The molecule has 0 aliphatic carbocycles. The van der Waals surface area contributed by atoms with Crippen LogP contribution in [0.4, 0.5) is 11.4 Å². The van der Waals surface area contributed by atoms with Gasteiger partial charge in [-0.1, -0.05) is 13.3 Å². The zero-order chi connectivity index (χ0) is 14.0. The van der Waals surface area contributed by atoms with E-state index in [1.165, 1.54) is 11.3 Å². The number of rotatable bonds is 5. The number of aromatic nitrogens is 1. The molecule has 1 atom stereocenters. The Morgan fingerprint density at radius 3 is 2.89 bits per heavy atom. The molecule has 1 N–H and O–H groups in total. The van der Waals surface area contributed by atoms with Gasteiger partial charge in [-0.2, -0.15) is 0 Å². The first kappa shape index (κ1) is 13.7. The van der Waals surface area contributed by atoms with E-state index in [2.05, 4.69) is 17.2 Å². The van der Waals surface area contributed by atoms with Gasteiger partial charge in [-0.15, -0.1) is 11.3 Å². The maximum absolute atomic E-state index is 11.2. The summed E-state index contributed by atoms with van der Waals surface area (Å²) in [6.45, 7) is 6.03. The molecule has 1 heterocycles. The Hall–Kier alpha value is -1.69. The number of hydrogen-bond donors (Lipinski definition) is 1. The molecule has 6 heteroatoms. The van der Waals surface area contributed by atoms with Crippen molar-refractivity contribution in [2.24, 2.45) is 0 Å². The summed E-state index contributed by atoms with van der Waals surface area (Å²) in [7, 11) is 0. The smallest absolute Gasteiger partial charge is 0.293 e. The number of nitro benzene ring substituents is 1. The van der Waals surface area contributed by atoms with Crippen LogP contribution in [0.15, 0.2) is 12.1 Å². The Kier molecular flexibility index (Phi) is 3.99. The van der Waals surface area contributed by atoms with Crippen molar-refractivity contribution in [3.05, 3.63) is 27.3 Å². The van der Waals surface area contributed by atoms with Gasteiger partial charge in [0.05, 0.1) is 20.1 Å². The van der Waals surface area contributed by atoms with Crippen molar-refractivity contribution in [2.75, 3.05) is 5.32 Å². The van der Waals surface area contributed by atoms with Gasteiger partial charge in [0.1, 0.15) is 5.69 Å². The lowest BCUT2D eigenvalue weighted by atomic mass is 10.1. The minimum absolute atomic E-state index is 0.124. The van der Waals surface area contributed by atoms with Crippen LogP contribution in [0.5, 0.6) is 0 Å². The number of aryl methyl sites for hydroxylation is 1. The minimum Gasteiger partial charge on any atom is -0.377 e. The van der Waals surface area contributed by atoms with Crippen LogP contribution in [-0.2, 0) is 0 Å². The third-order valence-electron chi connectivity index (χ3n) is 2.93. The van der Waals surface area contributed by atoms with Gasteiger partial charge < -0.3 is 5.32 Å². The second-order valence-corrected chi connectivity index (χ2v) is 5.90. The van der Waals surface area contributed by atoms with Gasteiger partial charge in [0, 0.05) is 12.1 Å². The van der Waals surface area contributed by atoms with Crippen molar-refractivity contribution in [1.82, 2.24) is 4.98 Å².